The summed E-state index contributed by atoms with van der Waals surface area (Å²) < 4.78 is 27.7. The molecule has 1 N–H and O–H groups in total. The first-order valence-corrected chi connectivity index (χ1v) is 12.3. The van der Waals surface area contributed by atoms with Crippen LogP contribution in [0.25, 0.3) is 22.3 Å². The lowest BCUT2D eigenvalue weighted by Crippen LogP contribution is -2.22. The molecule has 0 aliphatic carbocycles. The summed E-state index contributed by atoms with van der Waals surface area (Å²) in [5.41, 5.74) is 3.20. The van der Waals surface area contributed by atoms with Gasteiger partial charge in [-0.25, -0.2) is 4.79 Å². The maximum absolute atomic E-state index is 13.6. The number of aryl methyl sites for hydroxylation is 2. The van der Waals surface area contributed by atoms with E-state index in [1.165, 1.54) is 14.2 Å². The Labute approximate surface area is 225 Å². The molecule has 0 saturated heterocycles. The predicted molar refractivity (Wildman–Crippen MR) is 147 cm³/mol. The van der Waals surface area contributed by atoms with Gasteiger partial charge in [0.25, 0.3) is 5.91 Å². The maximum atomic E-state index is 13.6. The van der Waals surface area contributed by atoms with Crippen molar-refractivity contribution in [2.75, 3.05) is 32.8 Å². The number of anilines is 1. The summed E-state index contributed by atoms with van der Waals surface area (Å²) in [6, 6.07) is 14.9. The average molecular weight is 532 g/mol. The van der Waals surface area contributed by atoms with Crippen LogP contribution in [0.1, 0.15) is 28.4 Å². The predicted octanol–water partition coefficient (Wildman–Crippen LogP) is 5.29. The molecule has 0 aliphatic heterocycles. The molecule has 0 unspecified atom stereocenters. The fraction of sp³-hybridized carbons (Fsp3) is 0.233. The van der Waals surface area contributed by atoms with Crippen molar-refractivity contribution in [3.05, 3.63) is 81.5 Å². The lowest BCUT2D eigenvalue weighted by atomic mass is 10.0. The highest BCUT2D eigenvalue weighted by Crippen LogP contribution is 2.37. The van der Waals surface area contributed by atoms with Crippen molar-refractivity contribution < 1.29 is 33.0 Å². The monoisotopic (exact) mass is 531 g/mol. The van der Waals surface area contributed by atoms with Gasteiger partial charge in [-0.2, -0.15) is 0 Å². The molecule has 1 heterocycles. The van der Waals surface area contributed by atoms with Crippen molar-refractivity contribution in [3.63, 3.8) is 0 Å². The van der Waals surface area contributed by atoms with E-state index in [1.54, 1.807) is 61.5 Å². The van der Waals surface area contributed by atoms with E-state index in [4.69, 9.17) is 23.4 Å². The summed E-state index contributed by atoms with van der Waals surface area (Å²) in [7, 11) is 3.03. The quantitative estimate of drug-likeness (QED) is 0.290. The number of hydrogen-bond donors (Lipinski definition) is 1. The molecular formula is C30H29NO8. The second-order valence-electron chi connectivity index (χ2n) is 8.73. The van der Waals surface area contributed by atoms with Gasteiger partial charge in [-0.05, 0) is 86.5 Å². The molecule has 0 fully saturated rings. The SMILES string of the molecule is CCOC(=O)c1ccc(NC(=O)COc2c(-c3ccc(OC)c(OC)c3)oc3cc(C)c(C)cc3c2=O)cc1. The molecule has 39 heavy (non-hydrogen) atoms. The van der Waals surface area contributed by atoms with Crippen molar-refractivity contribution in [2.45, 2.75) is 20.8 Å². The zero-order valence-electron chi connectivity index (χ0n) is 22.4. The molecule has 0 bridgehead atoms. The molecule has 3 aromatic carbocycles. The standard InChI is InChI=1S/C30H29NO8/c1-6-37-30(34)19-7-10-21(11-8-19)31-26(32)16-38-29-27(33)22-13-17(2)18(3)14-24(22)39-28(29)20-9-12-23(35-4)25(15-20)36-5/h7-15H,6,16H2,1-5H3,(H,31,32). The van der Waals surface area contributed by atoms with Gasteiger partial charge >= 0.3 is 5.97 Å². The molecule has 1 amide bonds. The number of fused-ring (bicyclic) bond motifs is 1. The van der Waals surface area contributed by atoms with Gasteiger partial charge in [0.05, 0.1) is 31.8 Å². The first kappa shape index (κ1) is 27.3. The van der Waals surface area contributed by atoms with Gasteiger partial charge in [-0.1, -0.05) is 0 Å². The second kappa shape index (κ2) is 11.7. The van der Waals surface area contributed by atoms with Crippen LogP contribution >= 0.6 is 0 Å². The fourth-order valence-corrected chi connectivity index (χ4v) is 3.97. The van der Waals surface area contributed by atoms with E-state index in [1.807, 2.05) is 13.8 Å². The molecule has 0 radical (unpaired) electrons. The average Bonchev–Trinajstić information content (AvgIpc) is 2.93. The number of amides is 1. The van der Waals surface area contributed by atoms with Gasteiger partial charge in [0.1, 0.15) is 5.58 Å². The number of benzene rings is 3. The number of nitrogens with one attached hydrogen (secondary N) is 1. The Kier molecular flexibility index (Phi) is 8.19. The van der Waals surface area contributed by atoms with E-state index in [2.05, 4.69) is 5.32 Å². The molecule has 9 nitrogen and oxygen atoms in total. The van der Waals surface area contributed by atoms with Crippen LogP contribution in [-0.4, -0.2) is 39.3 Å². The van der Waals surface area contributed by atoms with Gasteiger partial charge in [0.15, 0.2) is 23.9 Å². The van der Waals surface area contributed by atoms with Crippen molar-refractivity contribution in [1.82, 2.24) is 0 Å². The molecule has 0 aliphatic rings. The third-order valence-corrected chi connectivity index (χ3v) is 6.14. The number of ether oxygens (including phenoxy) is 4. The van der Waals surface area contributed by atoms with E-state index in [-0.39, 0.29) is 18.1 Å². The Morgan fingerprint density at radius 1 is 0.897 bits per heavy atom. The normalized spacial score (nSPS) is 10.7. The first-order valence-electron chi connectivity index (χ1n) is 12.3. The fourth-order valence-electron chi connectivity index (χ4n) is 3.97. The van der Waals surface area contributed by atoms with Crippen molar-refractivity contribution in [1.29, 1.82) is 0 Å². The first-order chi connectivity index (χ1) is 18.7. The lowest BCUT2D eigenvalue weighted by molar-refractivity contribution is -0.118. The number of esters is 1. The smallest absolute Gasteiger partial charge is 0.338 e. The molecule has 1 aromatic heterocycles. The molecule has 4 rings (SSSR count). The Balaban J connectivity index is 1.66. The minimum absolute atomic E-state index is 0.106. The Bertz CT molecular complexity index is 1590. The third kappa shape index (κ3) is 5.87. The second-order valence-corrected chi connectivity index (χ2v) is 8.73. The largest absolute Gasteiger partial charge is 0.493 e. The molecular weight excluding hydrogens is 502 g/mol. The zero-order chi connectivity index (χ0) is 28.1. The van der Waals surface area contributed by atoms with Crippen molar-refractivity contribution in [2.24, 2.45) is 0 Å². The van der Waals surface area contributed by atoms with E-state index in [0.29, 0.717) is 39.3 Å². The van der Waals surface area contributed by atoms with Gasteiger partial charge in [0, 0.05) is 11.3 Å². The van der Waals surface area contributed by atoms with Crippen LogP contribution in [0.2, 0.25) is 0 Å². The molecule has 9 heteroatoms. The van der Waals surface area contributed by atoms with E-state index in [9.17, 15) is 14.4 Å². The number of hydrogen-bond acceptors (Lipinski definition) is 8. The van der Waals surface area contributed by atoms with Gasteiger partial charge in [-0.15, -0.1) is 0 Å². The number of carbonyl (C=O) groups excluding carboxylic acids is 2. The van der Waals surface area contributed by atoms with Crippen LogP contribution < -0.4 is 25.0 Å². The highest BCUT2D eigenvalue weighted by Gasteiger charge is 2.21. The van der Waals surface area contributed by atoms with Crippen LogP contribution in [0.15, 0.2) is 63.8 Å². The van der Waals surface area contributed by atoms with E-state index >= 15 is 0 Å². The Hall–Kier alpha value is -4.79. The van der Waals surface area contributed by atoms with Gasteiger partial charge in [-0.3, -0.25) is 9.59 Å². The molecule has 0 saturated carbocycles. The summed E-state index contributed by atoms with van der Waals surface area (Å²) in [6.45, 7) is 5.36. The van der Waals surface area contributed by atoms with Crippen LogP contribution in [-0.2, 0) is 9.53 Å². The van der Waals surface area contributed by atoms with Crippen molar-refractivity contribution in [3.8, 4) is 28.6 Å². The van der Waals surface area contributed by atoms with Crippen LogP contribution in [0, 0.1) is 13.8 Å². The minimum Gasteiger partial charge on any atom is -0.493 e. The summed E-state index contributed by atoms with van der Waals surface area (Å²) >= 11 is 0. The topological polar surface area (TPSA) is 113 Å². The number of carbonyl (C=O) groups is 2. The summed E-state index contributed by atoms with van der Waals surface area (Å²) in [5.74, 6) is 0.0418. The highest BCUT2D eigenvalue weighted by molar-refractivity contribution is 5.94. The highest BCUT2D eigenvalue weighted by atomic mass is 16.5. The summed E-state index contributed by atoms with van der Waals surface area (Å²) in [5, 5.41) is 3.03. The van der Waals surface area contributed by atoms with Crippen molar-refractivity contribution >= 4 is 28.5 Å². The van der Waals surface area contributed by atoms with Gasteiger partial charge in [0.2, 0.25) is 11.2 Å². The summed E-state index contributed by atoms with van der Waals surface area (Å²) in [6.07, 6.45) is 0. The van der Waals surface area contributed by atoms with E-state index < -0.39 is 23.9 Å². The zero-order valence-corrected chi connectivity index (χ0v) is 22.4. The van der Waals surface area contributed by atoms with Crippen LogP contribution in [0.3, 0.4) is 0 Å². The summed E-state index contributed by atoms with van der Waals surface area (Å²) in [4.78, 5) is 38.1. The Morgan fingerprint density at radius 2 is 1.59 bits per heavy atom. The van der Waals surface area contributed by atoms with Crippen LogP contribution in [0.4, 0.5) is 5.69 Å². The Morgan fingerprint density at radius 3 is 2.26 bits per heavy atom. The molecule has 202 valence electrons. The van der Waals surface area contributed by atoms with E-state index in [0.717, 1.165) is 11.1 Å². The third-order valence-electron chi connectivity index (χ3n) is 6.14. The minimum atomic E-state index is -0.503. The molecule has 4 aromatic rings. The van der Waals surface area contributed by atoms with Gasteiger partial charge < -0.3 is 28.7 Å². The molecule has 0 spiro atoms. The maximum Gasteiger partial charge on any atom is 0.338 e. The molecule has 0 atom stereocenters. The number of rotatable bonds is 9. The van der Waals surface area contributed by atoms with Crippen LogP contribution in [0.5, 0.6) is 17.2 Å². The lowest BCUT2D eigenvalue weighted by Gasteiger charge is -2.14. The number of methoxy groups -OCH3 is 2.